The van der Waals surface area contributed by atoms with E-state index in [0.29, 0.717) is 0 Å². The summed E-state index contributed by atoms with van der Waals surface area (Å²) in [4.78, 5) is 12.8. The number of carbonyl (C=O) groups excluding carboxylic acids is 1. The van der Waals surface area contributed by atoms with E-state index >= 15 is 0 Å². The smallest absolute Gasteiger partial charge is 0.408 e. The first-order valence-electron chi connectivity index (χ1n) is 6.48. The lowest BCUT2D eigenvalue weighted by atomic mass is 10.1. The zero-order valence-corrected chi connectivity index (χ0v) is 13.8. The van der Waals surface area contributed by atoms with Gasteiger partial charge in [0.2, 0.25) is 0 Å². The van der Waals surface area contributed by atoms with Gasteiger partial charge in [0.05, 0.1) is 13.2 Å². The van der Waals surface area contributed by atoms with E-state index in [1.165, 1.54) is 0 Å². The molecule has 0 aliphatic heterocycles. The summed E-state index contributed by atoms with van der Waals surface area (Å²) in [7, 11) is 1.64. The van der Waals surface area contributed by atoms with E-state index in [-0.39, 0.29) is 6.04 Å². The number of hydrogen-bond acceptors (Lipinski definition) is 4. The number of thioether (sulfide) groups is 1. The Morgan fingerprint density at radius 1 is 1.35 bits per heavy atom. The lowest BCUT2D eigenvalue weighted by molar-refractivity contribution is 0.0508. The van der Waals surface area contributed by atoms with Gasteiger partial charge in [-0.1, -0.05) is 6.07 Å². The van der Waals surface area contributed by atoms with Crippen LogP contribution in [-0.2, 0) is 4.74 Å². The quantitative estimate of drug-likeness (QED) is 0.853. The Kier molecular flexibility index (Phi) is 5.74. The van der Waals surface area contributed by atoms with Crippen LogP contribution >= 0.6 is 11.8 Å². The molecule has 0 bridgehead atoms. The summed E-state index contributed by atoms with van der Waals surface area (Å²) in [5.41, 5.74) is 0.481. The molecule has 1 unspecified atom stereocenters. The molecule has 0 saturated carbocycles. The van der Waals surface area contributed by atoms with Gasteiger partial charge < -0.3 is 14.8 Å². The Morgan fingerprint density at radius 2 is 2.00 bits per heavy atom. The highest BCUT2D eigenvalue weighted by molar-refractivity contribution is 7.98. The zero-order valence-electron chi connectivity index (χ0n) is 12.9. The van der Waals surface area contributed by atoms with Crippen molar-refractivity contribution < 1.29 is 14.3 Å². The highest BCUT2D eigenvalue weighted by Gasteiger charge is 2.18. The molecule has 1 rings (SSSR count). The van der Waals surface area contributed by atoms with E-state index in [1.807, 2.05) is 52.1 Å². The van der Waals surface area contributed by atoms with Gasteiger partial charge in [-0.2, -0.15) is 0 Å². The van der Waals surface area contributed by atoms with Crippen LogP contribution in [0.2, 0.25) is 0 Å². The molecule has 0 spiro atoms. The summed E-state index contributed by atoms with van der Waals surface area (Å²) in [6.07, 6.45) is 1.58. The normalized spacial score (nSPS) is 12.7. The largest absolute Gasteiger partial charge is 0.496 e. The molecule has 1 aromatic carbocycles. The van der Waals surface area contributed by atoms with E-state index in [1.54, 1.807) is 18.9 Å². The van der Waals surface area contributed by atoms with Gasteiger partial charge in [-0.05, 0) is 51.6 Å². The fraction of sp³-hybridized carbons (Fsp3) is 0.533. The molecule has 0 fully saturated rings. The second-order valence-electron chi connectivity index (χ2n) is 5.48. The molecule has 4 nitrogen and oxygen atoms in total. The molecule has 112 valence electrons. The molecule has 0 heterocycles. The van der Waals surface area contributed by atoms with Crippen molar-refractivity contribution in [2.75, 3.05) is 13.4 Å². The van der Waals surface area contributed by atoms with Crippen molar-refractivity contribution in [2.24, 2.45) is 0 Å². The fourth-order valence-corrected chi connectivity index (χ4v) is 2.24. The molecular weight excluding hydrogens is 274 g/mol. The number of ether oxygens (including phenoxy) is 2. The highest BCUT2D eigenvalue weighted by atomic mass is 32.2. The SMILES string of the molecule is COc1cc(C(C)NC(=O)OC(C)(C)C)ccc1SC. The third kappa shape index (κ3) is 4.96. The number of nitrogens with one attached hydrogen (secondary N) is 1. The van der Waals surface area contributed by atoms with Crippen LogP contribution in [0.15, 0.2) is 23.1 Å². The van der Waals surface area contributed by atoms with Gasteiger partial charge >= 0.3 is 6.09 Å². The topological polar surface area (TPSA) is 47.6 Å². The Morgan fingerprint density at radius 3 is 2.50 bits per heavy atom. The van der Waals surface area contributed by atoms with Crippen LogP contribution in [0.25, 0.3) is 0 Å². The average molecular weight is 297 g/mol. The van der Waals surface area contributed by atoms with Gasteiger partial charge in [0.25, 0.3) is 0 Å². The maximum absolute atomic E-state index is 11.8. The maximum atomic E-state index is 11.8. The van der Waals surface area contributed by atoms with Gasteiger partial charge in [0, 0.05) is 4.90 Å². The number of hydrogen-bond donors (Lipinski definition) is 1. The Bertz CT molecular complexity index is 469. The molecule has 5 heteroatoms. The highest BCUT2D eigenvalue weighted by Crippen LogP contribution is 2.30. The molecule has 1 atom stereocenters. The Hall–Kier alpha value is -1.36. The summed E-state index contributed by atoms with van der Waals surface area (Å²) in [6.45, 7) is 7.44. The van der Waals surface area contributed by atoms with Crippen molar-refractivity contribution in [3.63, 3.8) is 0 Å². The molecule has 0 saturated heterocycles. The van der Waals surface area contributed by atoms with Crippen LogP contribution in [0, 0.1) is 0 Å². The lowest BCUT2D eigenvalue weighted by Gasteiger charge is -2.22. The molecule has 1 N–H and O–H groups in total. The molecule has 0 aliphatic carbocycles. The Balaban J connectivity index is 2.77. The molecule has 1 aromatic rings. The first-order valence-corrected chi connectivity index (χ1v) is 7.70. The number of amides is 1. The monoisotopic (exact) mass is 297 g/mol. The molecule has 0 radical (unpaired) electrons. The van der Waals surface area contributed by atoms with Gasteiger partial charge in [-0.25, -0.2) is 4.79 Å². The number of alkyl carbamates (subject to hydrolysis) is 1. The van der Waals surface area contributed by atoms with E-state index in [4.69, 9.17) is 9.47 Å². The third-order valence-corrected chi connectivity index (χ3v) is 3.42. The van der Waals surface area contributed by atoms with E-state index in [0.717, 1.165) is 16.2 Å². The minimum atomic E-state index is -0.496. The van der Waals surface area contributed by atoms with Gasteiger partial charge in [-0.15, -0.1) is 11.8 Å². The fourth-order valence-electron chi connectivity index (χ4n) is 1.69. The van der Waals surface area contributed by atoms with Gasteiger partial charge in [-0.3, -0.25) is 0 Å². The Labute approximate surface area is 125 Å². The summed E-state index contributed by atoms with van der Waals surface area (Å²) in [5.74, 6) is 0.813. The molecule has 0 aliphatic rings. The standard InChI is InChI=1S/C15H23NO3S/c1-10(16-14(17)19-15(2,3)4)11-7-8-13(20-6)12(9-11)18-5/h7-10H,1-6H3,(H,16,17). The van der Waals surface area contributed by atoms with Crippen LogP contribution in [0.1, 0.15) is 39.3 Å². The summed E-state index contributed by atoms with van der Waals surface area (Å²) in [5, 5.41) is 2.82. The summed E-state index contributed by atoms with van der Waals surface area (Å²) in [6, 6.07) is 5.77. The first kappa shape index (κ1) is 16.7. The van der Waals surface area contributed by atoms with Crippen molar-refractivity contribution in [2.45, 2.75) is 44.2 Å². The molecular formula is C15H23NO3S. The number of rotatable bonds is 4. The predicted molar refractivity (Wildman–Crippen MR) is 82.6 cm³/mol. The van der Waals surface area contributed by atoms with E-state index in [2.05, 4.69) is 5.32 Å². The van der Waals surface area contributed by atoms with Gasteiger partial charge in [0.1, 0.15) is 11.4 Å². The number of carbonyl (C=O) groups is 1. The van der Waals surface area contributed by atoms with Crippen molar-refractivity contribution >= 4 is 17.9 Å². The maximum Gasteiger partial charge on any atom is 0.408 e. The lowest BCUT2D eigenvalue weighted by Crippen LogP contribution is -2.34. The van der Waals surface area contributed by atoms with E-state index < -0.39 is 11.7 Å². The predicted octanol–water partition coefficient (Wildman–Crippen LogP) is 4.00. The minimum absolute atomic E-state index is 0.144. The van der Waals surface area contributed by atoms with Crippen LogP contribution in [0.3, 0.4) is 0 Å². The molecule has 20 heavy (non-hydrogen) atoms. The van der Waals surface area contributed by atoms with Crippen molar-refractivity contribution in [3.8, 4) is 5.75 Å². The number of benzene rings is 1. The van der Waals surface area contributed by atoms with E-state index in [9.17, 15) is 4.79 Å². The number of methoxy groups -OCH3 is 1. The molecule has 1 amide bonds. The van der Waals surface area contributed by atoms with Crippen LogP contribution in [0.4, 0.5) is 4.79 Å². The van der Waals surface area contributed by atoms with Crippen LogP contribution < -0.4 is 10.1 Å². The first-order chi connectivity index (χ1) is 9.26. The second-order valence-corrected chi connectivity index (χ2v) is 6.33. The summed E-state index contributed by atoms with van der Waals surface area (Å²) >= 11 is 1.63. The minimum Gasteiger partial charge on any atom is -0.496 e. The molecule has 0 aromatic heterocycles. The van der Waals surface area contributed by atoms with Crippen LogP contribution in [-0.4, -0.2) is 25.1 Å². The zero-order chi connectivity index (χ0) is 15.3. The van der Waals surface area contributed by atoms with Crippen molar-refractivity contribution in [1.82, 2.24) is 5.32 Å². The van der Waals surface area contributed by atoms with Crippen LogP contribution in [0.5, 0.6) is 5.75 Å². The third-order valence-electron chi connectivity index (χ3n) is 2.64. The van der Waals surface area contributed by atoms with Crippen molar-refractivity contribution in [3.05, 3.63) is 23.8 Å². The second kappa shape index (κ2) is 6.88. The average Bonchev–Trinajstić information content (AvgIpc) is 2.35. The summed E-state index contributed by atoms with van der Waals surface area (Å²) < 4.78 is 10.6. The van der Waals surface area contributed by atoms with Gasteiger partial charge in [0.15, 0.2) is 0 Å². The van der Waals surface area contributed by atoms with Crippen molar-refractivity contribution in [1.29, 1.82) is 0 Å².